The van der Waals surface area contributed by atoms with Crippen molar-refractivity contribution >= 4 is 22.6 Å². The Balaban J connectivity index is 0.00000140. The predicted octanol–water partition coefficient (Wildman–Crippen LogP) is 2.62. The van der Waals surface area contributed by atoms with E-state index in [0.29, 0.717) is 5.88 Å². The number of aromatic amines is 1. The van der Waals surface area contributed by atoms with E-state index in [9.17, 15) is 4.79 Å². The molecule has 0 aliphatic carbocycles. The Morgan fingerprint density at radius 3 is 3.08 bits per heavy atom. The Morgan fingerprint density at radius 1 is 1.46 bits per heavy atom. The van der Waals surface area contributed by atoms with Crippen molar-refractivity contribution < 1.29 is 12.4 Å². The smallest absolute Gasteiger partial charge is 0.243 e. The van der Waals surface area contributed by atoms with Crippen molar-refractivity contribution in [2.24, 2.45) is 0 Å². The SMILES string of the molecule is C=CC(=O)NC1CN(c2cnc3[nH]cc(-c4ccnc(OC)c4)c3c2)C1.[HH].[HH]. The van der Waals surface area contributed by atoms with E-state index in [0.717, 1.165) is 40.9 Å². The van der Waals surface area contributed by atoms with Crippen LogP contribution in [0.3, 0.4) is 0 Å². The normalized spacial score (nSPS) is 14.1. The molecule has 0 bridgehead atoms. The van der Waals surface area contributed by atoms with Gasteiger partial charge in [-0.1, -0.05) is 6.58 Å². The van der Waals surface area contributed by atoms with Crippen molar-refractivity contribution in [2.45, 2.75) is 6.04 Å². The van der Waals surface area contributed by atoms with Crippen LogP contribution in [0, 0.1) is 0 Å². The van der Waals surface area contributed by atoms with E-state index in [1.54, 1.807) is 13.3 Å². The zero-order valence-electron chi connectivity index (χ0n) is 14.4. The van der Waals surface area contributed by atoms with Gasteiger partial charge in [-0.2, -0.15) is 0 Å². The van der Waals surface area contributed by atoms with Crippen molar-refractivity contribution in [3.05, 3.63) is 49.4 Å². The second-order valence-corrected chi connectivity index (χ2v) is 6.19. The minimum Gasteiger partial charge on any atom is -0.481 e. The third-order valence-electron chi connectivity index (χ3n) is 4.55. The van der Waals surface area contributed by atoms with Gasteiger partial charge in [0.1, 0.15) is 5.65 Å². The van der Waals surface area contributed by atoms with Gasteiger partial charge in [0, 0.05) is 45.4 Å². The van der Waals surface area contributed by atoms with Crippen LogP contribution in [0.15, 0.2) is 49.4 Å². The molecule has 4 heterocycles. The monoisotopic (exact) mass is 353 g/mol. The summed E-state index contributed by atoms with van der Waals surface area (Å²) in [4.78, 5) is 25.5. The van der Waals surface area contributed by atoms with Gasteiger partial charge in [-0.25, -0.2) is 9.97 Å². The fraction of sp³-hybridized carbons (Fsp3) is 0.211. The molecule has 136 valence electrons. The third-order valence-corrected chi connectivity index (χ3v) is 4.55. The summed E-state index contributed by atoms with van der Waals surface area (Å²) in [5, 5.41) is 3.94. The average Bonchev–Trinajstić information content (AvgIpc) is 3.07. The van der Waals surface area contributed by atoms with Crippen LogP contribution < -0.4 is 15.0 Å². The quantitative estimate of drug-likeness (QED) is 0.689. The minimum absolute atomic E-state index is 0. The maximum Gasteiger partial charge on any atom is 0.243 e. The van der Waals surface area contributed by atoms with Crippen molar-refractivity contribution in [1.82, 2.24) is 20.3 Å². The minimum atomic E-state index is -0.136. The number of methoxy groups -OCH3 is 1. The van der Waals surface area contributed by atoms with E-state index in [2.05, 4.69) is 37.8 Å². The van der Waals surface area contributed by atoms with Gasteiger partial charge in [-0.05, 0) is 23.8 Å². The second kappa shape index (κ2) is 6.51. The first-order valence-corrected chi connectivity index (χ1v) is 8.33. The molecular weight excluding hydrogens is 330 g/mol. The fourth-order valence-electron chi connectivity index (χ4n) is 3.13. The van der Waals surface area contributed by atoms with Crippen LogP contribution in [0.4, 0.5) is 5.69 Å². The lowest BCUT2D eigenvalue weighted by Crippen LogP contribution is -2.59. The van der Waals surface area contributed by atoms with Crippen LogP contribution in [0.25, 0.3) is 22.2 Å². The number of ether oxygens (including phenoxy) is 1. The maximum atomic E-state index is 11.4. The Labute approximate surface area is 153 Å². The van der Waals surface area contributed by atoms with Gasteiger partial charge in [0.15, 0.2) is 0 Å². The largest absolute Gasteiger partial charge is 0.481 e. The maximum absolute atomic E-state index is 11.4. The molecule has 1 aliphatic heterocycles. The van der Waals surface area contributed by atoms with Crippen LogP contribution in [0.5, 0.6) is 5.88 Å². The van der Waals surface area contributed by atoms with Gasteiger partial charge in [-0.15, -0.1) is 0 Å². The number of carbonyl (C=O) groups is 1. The summed E-state index contributed by atoms with van der Waals surface area (Å²) < 4.78 is 5.22. The molecule has 1 amide bonds. The lowest BCUT2D eigenvalue weighted by Gasteiger charge is -2.40. The molecule has 3 aromatic heterocycles. The van der Waals surface area contributed by atoms with Gasteiger partial charge in [0.05, 0.1) is 25.0 Å². The summed E-state index contributed by atoms with van der Waals surface area (Å²) in [5.41, 5.74) is 3.92. The first kappa shape index (κ1) is 16.1. The highest BCUT2D eigenvalue weighted by Gasteiger charge is 2.28. The number of anilines is 1. The Bertz CT molecular complexity index is 985. The number of fused-ring (bicyclic) bond motifs is 1. The number of aromatic nitrogens is 3. The van der Waals surface area contributed by atoms with Gasteiger partial charge in [0.2, 0.25) is 11.8 Å². The zero-order chi connectivity index (χ0) is 18.1. The van der Waals surface area contributed by atoms with Crippen molar-refractivity contribution in [1.29, 1.82) is 0 Å². The topological polar surface area (TPSA) is 83.1 Å². The molecule has 0 radical (unpaired) electrons. The average molecular weight is 353 g/mol. The summed E-state index contributed by atoms with van der Waals surface area (Å²) in [6.45, 7) is 4.99. The van der Waals surface area contributed by atoms with Gasteiger partial charge < -0.3 is 19.9 Å². The van der Waals surface area contributed by atoms with Crippen LogP contribution in [0.1, 0.15) is 2.85 Å². The molecule has 0 aromatic carbocycles. The van der Waals surface area contributed by atoms with Crippen molar-refractivity contribution in [3.8, 4) is 17.0 Å². The number of amides is 1. The van der Waals surface area contributed by atoms with E-state index >= 15 is 0 Å². The predicted molar refractivity (Wildman–Crippen MR) is 104 cm³/mol. The van der Waals surface area contributed by atoms with Gasteiger partial charge in [0.25, 0.3) is 0 Å². The van der Waals surface area contributed by atoms with E-state index < -0.39 is 0 Å². The zero-order valence-corrected chi connectivity index (χ0v) is 14.4. The number of hydrogen-bond acceptors (Lipinski definition) is 5. The number of nitrogens with zero attached hydrogens (tertiary/aromatic N) is 3. The summed E-state index contributed by atoms with van der Waals surface area (Å²) in [5.74, 6) is 0.437. The highest BCUT2D eigenvalue weighted by molar-refractivity contribution is 5.95. The molecular formula is C19H23N5O2. The Hall–Kier alpha value is -3.35. The van der Waals surface area contributed by atoms with E-state index in [-0.39, 0.29) is 14.8 Å². The highest BCUT2D eigenvalue weighted by atomic mass is 16.5. The molecule has 7 heteroatoms. The van der Waals surface area contributed by atoms with Crippen molar-refractivity contribution in [2.75, 3.05) is 25.1 Å². The summed E-state index contributed by atoms with van der Waals surface area (Å²) in [7, 11) is 1.60. The standard InChI is InChI=1S/C19H19N5O2.2H2/c1-3-17(25)23-13-10-24(11-13)14-7-15-16(9-22-19(15)21-8-14)12-4-5-20-18(6-12)26-2;;/h3-9,13H,1,10-11H2,2H3,(H,21,22)(H,23,25);2*1H. The van der Waals surface area contributed by atoms with E-state index in [1.165, 1.54) is 6.08 Å². The number of H-pyrrole nitrogens is 1. The summed E-state index contributed by atoms with van der Waals surface area (Å²) in [6.07, 6.45) is 6.82. The fourth-order valence-corrected chi connectivity index (χ4v) is 3.13. The number of pyridine rings is 2. The molecule has 2 N–H and O–H groups in total. The molecule has 3 aromatic rings. The molecule has 26 heavy (non-hydrogen) atoms. The first-order chi connectivity index (χ1) is 12.7. The Kier molecular flexibility index (Phi) is 4.04. The number of carbonyl (C=O) groups excluding carboxylic acids is 1. The molecule has 4 rings (SSSR count). The number of nitrogens with one attached hydrogen (secondary N) is 2. The Morgan fingerprint density at radius 2 is 2.31 bits per heavy atom. The van der Waals surface area contributed by atoms with Crippen LogP contribution >= 0.6 is 0 Å². The van der Waals surface area contributed by atoms with E-state index in [4.69, 9.17) is 4.74 Å². The second-order valence-electron chi connectivity index (χ2n) is 6.19. The molecule has 1 aliphatic rings. The lowest BCUT2D eigenvalue weighted by molar-refractivity contribution is -0.117. The molecule has 1 fully saturated rings. The van der Waals surface area contributed by atoms with Crippen LogP contribution in [-0.4, -0.2) is 47.1 Å². The third kappa shape index (κ3) is 2.88. The molecule has 0 saturated carbocycles. The lowest BCUT2D eigenvalue weighted by atomic mass is 10.1. The molecule has 7 nitrogen and oxygen atoms in total. The number of rotatable bonds is 5. The van der Waals surface area contributed by atoms with Crippen LogP contribution in [0.2, 0.25) is 0 Å². The summed E-state index contributed by atoms with van der Waals surface area (Å²) in [6, 6.07) is 6.11. The molecule has 0 atom stereocenters. The van der Waals surface area contributed by atoms with E-state index in [1.807, 2.05) is 24.5 Å². The highest BCUT2D eigenvalue weighted by Crippen LogP contribution is 2.32. The summed E-state index contributed by atoms with van der Waals surface area (Å²) >= 11 is 0. The molecule has 0 unspecified atom stereocenters. The van der Waals surface area contributed by atoms with Crippen molar-refractivity contribution in [3.63, 3.8) is 0 Å². The van der Waals surface area contributed by atoms with Crippen LogP contribution in [-0.2, 0) is 4.79 Å². The first-order valence-electron chi connectivity index (χ1n) is 8.33. The molecule has 0 spiro atoms. The van der Waals surface area contributed by atoms with Gasteiger partial charge >= 0.3 is 0 Å². The number of hydrogen-bond donors (Lipinski definition) is 2. The van der Waals surface area contributed by atoms with Gasteiger partial charge in [-0.3, -0.25) is 4.79 Å². The molecule has 1 saturated heterocycles.